The van der Waals surface area contributed by atoms with Crippen LogP contribution in [0.5, 0.6) is 0 Å². The number of H-pyrrole nitrogens is 1. The zero-order valence-corrected chi connectivity index (χ0v) is 11.5. The van der Waals surface area contributed by atoms with E-state index in [4.69, 9.17) is 0 Å². The van der Waals surface area contributed by atoms with Crippen LogP contribution < -0.4 is 5.32 Å². The Morgan fingerprint density at radius 2 is 2.05 bits per heavy atom. The van der Waals surface area contributed by atoms with Crippen molar-refractivity contribution in [2.45, 2.75) is 25.7 Å². The summed E-state index contributed by atoms with van der Waals surface area (Å²) in [7, 11) is 0. The van der Waals surface area contributed by atoms with Crippen molar-refractivity contribution in [2.75, 3.05) is 5.32 Å². The monoisotopic (exact) mass is 282 g/mol. The molecule has 2 aromatic rings. The van der Waals surface area contributed by atoms with E-state index in [1.54, 1.807) is 12.1 Å². The van der Waals surface area contributed by atoms with E-state index in [9.17, 15) is 9.18 Å². The van der Waals surface area contributed by atoms with Crippen molar-refractivity contribution in [3.05, 3.63) is 52.6 Å². The van der Waals surface area contributed by atoms with Gasteiger partial charge in [-0.1, -0.05) is 12.1 Å². The molecule has 106 valence electrons. The van der Waals surface area contributed by atoms with Crippen LogP contribution in [-0.4, -0.2) is 10.9 Å². The fourth-order valence-electron chi connectivity index (χ4n) is 3.18. The normalized spacial score (nSPS) is 18.5. The third-order valence-electron chi connectivity index (χ3n) is 4.22. The van der Waals surface area contributed by atoms with E-state index >= 15 is 0 Å². The summed E-state index contributed by atoms with van der Waals surface area (Å²) in [6, 6.07) is 6.86. The SMILES string of the molecule is O=C1Nc2c(F)cccc2C1=Cc1cc2c([nH]1)CCCC2. The molecule has 3 nitrogen and oxygen atoms in total. The molecule has 0 spiro atoms. The molecule has 1 aromatic heterocycles. The van der Waals surface area contributed by atoms with Crippen LogP contribution >= 0.6 is 0 Å². The molecule has 1 amide bonds. The van der Waals surface area contributed by atoms with E-state index in [2.05, 4.69) is 16.4 Å². The summed E-state index contributed by atoms with van der Waals surface area (Å²) < 4.78 is 13.7. The minimum absolute atomic E-state index is 0.248. The molecule has 0 bridgehead atoms. The van der Waals surface area contributed by atoms with Crippen molar-refractivity contribution >= 4 is 23.2 Å². The lowest BCUT2D eigenvalue weighted by molar-refractivity contribution is -0.110. The molecule has 4 heteroatoms. The van der Waals surface area contributed by atoms with E-state index < -0.39 is 5.82 Å². The number of rotatable bonds is 1. The number of aromatic nitrogens is 1. The summed E-state index contributed by atoms with van der Waals surface area (Å²) in [6.45, 7) is 0. The third-order valence-corrected chi connectivity index (χ3v) is 4.22. The maximum absolute atomic E-state index is 13.7. The number of anilines is 1. The Hall–Kier alpha value is -2.36. The number of para-hydroxylation sites is 1. The van der Waals surface area contributed by atoms with Crippen molar-refractivity contribution in [3.63, 3.8) is 0 Å². The molecule has 2 heterocycles. The van der Waals surface area contributed by atoms with Crippen LogP contribution in [0.25, 0.3) is 11.6 Å². The minimum atomic E-state index is -0.393. The number of aromatic amines is 1. The van der Waals surface area contributed by atoms with Crippen LogP contribution in [0.15, 0.2) is 24.3 Å². The molecule has 0 fully saturated rings. The Morgan fingerprint density at radius 1 is 1.19 bits per heavy atom. The van der Waals surface area contributed by atoms with Crippen LogP contribution in [0.4, 0.5) is 10.1 Å². The maximum atomic E-state index is 13.7. The van der Waals surface area contributed by atoms with E-state index in [0.29, 0.717) is 11.1 Å². The molecule has 21 heavy (non-hydrogen) atoms. The van der Waals surface area contributed by atoms with E-state index in [0.717, 1.165) is 18.5 Å². The predicted octanol–water partition coefficient (Wildman–Crippen LogP) is 3.53. The van der Waals surface area contributed by atoms with Crippen molar-refractivity contribution < 1.29 is 9.18 Å². The summed E-state index contributed by atoms with van der Waals surface area (Å²) in [6.07, 6.45) is 6.40. The average molecular weight is 282 g/mol. The van der Waals surface area contributed by atoms with Crippen molar-refractivity contribution in [1.82, 2.24) is 4.98 Å². The highest BCUT2D eigenvalue weighted by atomic mass is 19.1. The van der Waals surface area contributed by atoms with Gasteiger partial charge in [0.1, 0.15) is 5.82 Å². The zero-order chi connectivity index (χ0) is 14.4. The lowest BCUT2D eigenvalue weighted by atomic mass is 9.98. The third kappa shape index (κ3) is 1.98. The van der Waals surface area contributed by atoms with Gasteiger partial charge in [-0.05, 0) is 49.5 Å². The fraction of sp³-hybridized carbons (Fsp3) is 0.235. The number of hydrogen-bond acceptors (Lipinski definition) is 1. The van der Waals surface area contributed by atoms with E-state index in [1.807, 2.05) is 6.08 Å². The average Bonchev–Trinajstić information content (AvgIpc) is 3.02. The number of aryl methyl sites for hydroxylation is 2. The molecule has 0 radical (unpaired) electrons. The Labute approximate surface area is 121 Å². The van der Waals surface area contributed by atoms with Crippen molar-refractivity contribution in [1.29, 1.82) is 0 Å². The molecule has 0 saturated carbocycles. The number of halogens is 1. The lowest BCUT2D eigenvalue weighted by Gasteiger charge is -2.08. The van der Waals surface area contributed by atoms with Crippen molar-refractivity contribution in [2.24, 2.45) is 0 Å². The Balaban J connectivity index is 1.78. The summed E-state index contributed by atoms with van der Waals surface area (Å²) in [5, 5.41) is 2.60. The predicted molar refractivity (Wildman–Crippen MR) is 80.3 cm³/mol. The molecule has 1 aromatic carbocycles. The van der Waals surface area contributed by atoms with Gasteiger partial charge in [0.15, 0.2) is 0 Å². The molecule has 1 aliphatic carbocycles. The van der Waals surface area contributed by atoms with Gasteiger partial charge in [0, 0.05) is 17.0 Å². The smallest absolute Gasteiger partial charge is 0.256 e. The van der Waals surface area contributed by atoms with Gasteiger partial charge in [-0.3, -0.25) is 4.79 Å². The molecular formula is C17H15FN2O. The first kappa shape index (κ1) is 12.4. The fourth-order valence-corrected chi connectivity index (χ4v) is 3.18. The summed E-state index contributed by atoms with van der Waals surface area (Å²) in [5.74, 6) is -0.641. The highest BCUT2D eigenvalue weighted by molar-refractivity contribution is 6.34. The van der Waals surface area contributed by atoms with Crippen LogP contribution in [-0.2, 0) is 17.6 Å². The lowest BCUT2D eigenvalue weighted by Crippen LogP contribution is -2.04. The van der Waals surface area contributed by atoms with Gasteiger partial charge in [-0.25, -0.2) is 4.39 Å². The number of amides is 1. The number of nitrogens with one attached hydrogen (secondary N) is 2. The molecule has 0 saturated heterocycles. The minimum Gasteiger partial charge on any atom is -0.359 e. The molecule has 4 rings (SSSR count). The molecule has 2 aliphatic rings. The van der Waals surface area contributed by atoms with Gasteiger partial charge in [-0.2, -0.15) is 0 Å². The first-order chi connectivity index (χ1) is 10.2. The molecule has 1 aliphatic heterocycles. The van der Waals surface area contributed by atoms with E-state index in [1.165, 1.54) is 30.2 Å². The van der Waals surface area contributed by atoms with Crippen molar-refractivity contribution in [3.8, 4) is 0 Å². The number of benzene rings is 1. The number of carbonyl (C=O) groups is 1. The Bertz CT molecular complexity index is 750. The molecule has 2 N–H and O–H groups in total. The topological polar surface area (TPSA) is 44.9 Å². The number of carbonyl (C=O) groups excluding carboxylic acids is 1. The molecule has 0 unspecified atom stereocenters. The first-order valence-corrected chi connectivity index (χ1v) is 7.25. The highest BCUT2D eigenvalue weighted by Gasteiger charge is 2.26. The number of fused-ring (bicyclic) bond motifs is 2. The highest BCUT2D eigenvalue weighted by Crippen LogP contribution is 2.35. The first-order valence-electron chi connectivity index (χ1n) is 7.25. The summed E-state index contributed by atoms with van der Waals surface area (Å²) in [5.41, 5.74) is 4.96. The second-order valence-electron chi connectivity index (χ2n) is 5.61. The van der Waals surface area contributed by atoms with Gasteiger partial charge in [0.2, 0.25) is 0 Å². The number of hydrogen-bond donors (Lipinski definition) is 2. The molecule has 0 atom stereocenters. The largest absolute Gasteiger partial charge is 0.359 e. The van der Waals surface area contributed by atoms with Crippen LogP contribution in [0.2, 0.25) is 0 Å². The maximum Gasteiger partial charge on any atom is 0.256 e. The zero-order valence-electron chi connectivity index (χ0n) is 11.5. The van der Waals surface area contributed by atoms with Gasteiger partial charge in [-0.15, -0.1) is 0 Å². The second kappa shape index (κ2) is 4.58. The quantitative estimate of drug-likeness (QED) is 0.772. The van der Waals surface area contributed by atoms with Gasteiger partial charge < -0.3 is 10.3 Å². The van der Waals surface area contributed by atoms with Gasteiger partial charge in [0.05, 0.1) is 11.3 Å². The van der Waals surface area contributed by atoms with E-state index in [-0.39, 0.29) is 11.6 Å². The van der Waals surface area contributed by atoms with Gasteiger partial charge in [0.25, 0.3) is 5.91 Å². The summed E-state index contributed by atoms with van der Waals surface area (Å²) in [4.78, 5) is 15.4. The summed E-state index contributed by atoms with van der Waals surface area (Å²) >= 11 is 0. The van der Waals surface area contributed by atoms with Crippen LogP contribution in [0.1, 0.15) is 35.4 Å². The standard InChI is InChI=1S/C17H15FN2O/c18-14-6-3-5-12-13(17(21)20-16(12)14)9-11-8-10-4-1-2-7-15(10)19-11/h3,5-6,8-9,19H,1-2,4,7H2,(H,20,21). The Morgan fingerprint density at radius 3 is 2.90 bits per heavy atom. The Kier molecular flexibility index (Phi) is 2.70. The van der Waals surface area contributed by atoms with Crippen LogP contribution in [0.3, 0.4) is 0 Å². The molecular weight excluding hydrogens is 267 g/mol. The van der Waals surface area contributed by atoms with Crippen LogP contribution in [0, 0.1) is 5.82 Å². The second-order valence-corrected chi connectivity index (χ2v) is 5.61. The van der Waals surface area contributed by atoms with Gasteiger partial charge >= 0.3 is 0 Å².